The molecule has 1 aromatic carbocycles. The van der Waals surface area contributed by atoms with E-state index < -0.39 is 21.5 Å². The molecule has 0 aromatic heterocycles. The number of hydroxylamine groups is 1. The third-order valence-corrected chi connectivity index (χ3v) is 3.63. The van der Waals surface area contributed by atoms with Crippen LogP contribution in [0.25, 0.3) is 0 Å². The number of nitrogens with one attached hydrogen (secondary N) is 1. The Balaban J connectivity index is 2.63. The average molecular weight is 282 g/mol. The van der Waals surface area contributed by atoms with Crippen LogP contribution in [0, 0.1) is 11.3 Å². The van der Waals surface area contributed by atoms with E-state index in [1.54, 1.807) is 19.1 Å². The fourth-order valence-corrected chi connectivity index (χ4v) is 2.62. The predicted molar refractivity (Wildman–Crippen MR) is 68.4 cm³/mol. The maximum atomic E-state index is 11.7. The Morgan fingerprint density at radius 1 is 1.37 bits per heavy atom. The van der Waals surface area contributed by atoms with Crippen LogP contribution < -0.4 is 5.48 Å². The van der Waals surface area contributed by atoms with Gasteiger partial charge < -0.3 is 0 Å². The fourth-order valence-electron chi connectivity index (χ4n) is 1.36. The standard InChI is InChI=1S/C12H14N2O4S/c1-2-18-14-12(15)9-19(16,17)8-11-5-3-10(7-13)4-6-11/h3-6H,2,8-9H2,1H3,(H,14,15). The molecule has 0 heterocycles. The van der Waals surface area contributed by atoms with Crippen LogP contribution in [0.1, 0.15) is 18.1 Å². The van der Waals surface area contributed by atoms with Crippen molar-refractivity contribution >= 4 is 15.7 Å². The van der Waals surface area contributed by atoms with E-state index in [9.17, 15) is 13.2 Å². The van der Waals surface area contributed by atoms with E-state index in [2.05, 4.69) is 4.84 Å². The van der Waals surface area contributed by atoms with Crippen LogP contribution in [-0.2, 0) is 25.2 Å². The third-order valence-electron chi connectivity index (χ3n) is 2.15. The number of nitrogens with zero attached hydrogens (tertiary/aromatic N) is 1. The molecule has 0 aliphatic carbocycles. The topological polar surface area (TPSA) is 96.3 Å². The Kier molecular flexibility index (Phi) is 5.48. The molecule has 7 heteroatoms. The van der Waals surface area contributed by atoms with Crippen LogP contribution >= 0.6 is 0 Å². The lowest BCUT2D eigenvalue weighted by Gasteiger charge is -2.05. The summed E-state index contributed by atoms with van der Waals surface area (Å²) in [6.07, 6.45) is 0. The summed E-state index contributed by atoms with van der Waals surface area (Å²) in [6.45, 7) is 1.94. The largest absolute Gasteiger partial charge is 0.274 e. The number of sulfone groups is 1. The Morgan fingerprint density at radius 3 is 2.53 bits per heavy atom. The summed E-state index contributed by atoms with van der Waals surface area (Å²) in [5.74, 6) is -1.58. The van der Waals surface area contributed by atoms with E-state index in [0.717, 1.165) is 0 Å². The number of carbonyl (C=O) groups excluding carboxylic acids is 1. The molecule has 1 rings (SSSR count). The molecule has 0 saturated carbocycles. The monoisotopic (exact) mass is 282 g/mol. The molecule has 0 aliphatic rings. The van der Waals surface area contributed by atoms with Crippen molar-refractivity contribution in [2.24, 2.45) is 0 Å². The second-order valence-corrected chi connectivity index (χ2v) is 5.86. The zero-order chi connectivity index (χ0) is 14.3. The highest BCUT2D eigenvalue weighted by Crippen LogP contribution is 2.08. The molecule has 0 radical (unpaired) electrons. The van der Waals surface area contributed by atoms with Gasteiger partial charge >= 0.3 is 0 Å². The van der Waals surface area contributed by atoms with Gasteiger partial charge in [0.05, 0.1) is 24.0 Å². The van der Waals surface area contributed by atoms with Crippen molar-refractivity contribution in [3.63, 3.8) is 0 Å². The minimum absolute atomic E-state index is 0.252. The zero-order valence-electron chi connectivity index (χ0n) is 10.4. The highest BCUT2D eigenvalue weighted by atomic mass is 32.2. The van der Waals surface area contributed by atoms with Gasteiger partial charge in [0.25, 0.3) is 5.91 Å². The third kappa shape index (κ3) is 5.50. The highest BCUT2D eigenvalue weighted by Gasteiger charge is 2.17. The summed E-state index contributed by atoms with van der Waals surface area (Å²) >= 11 is 0. The molecule has 19 heavy (non-hydrogen) atoms. The SMILES string of the molecule is CCONC(=O)CS(=O)(=O)Cc1ccc(C#N)cc1. The molecule has 0 spiro atoms. The van der Waals surface area contributed by atoms with Crippen molar-refractivity contribution in [2.45, 2.75) is 12.7 Å². The number of benzene rings is 1. The molecule has 1 amide bonds. The Bertz CT molecular complexity index is 573. The lowest BCUT2D eigenvalue weighted by atomic mass is 10.2. The van der Waals surface area contributed by atoms with Gasteiger partial charge in [-0.1, -0.05) is 12.1 Å². The van der Waals surface area contributed by atoms with Crippen LogP contribution in [0.2, 0.25) is 0 Å². The fraction of sp³-hybridized carbons (Fsp3) is 0.333. The number of carbonyl (C=O) groups is 1. The Labute approximate surface area is 111 Å². The normalized spacial score (nSPS) is 10.7. The van der Waals surface area contributed by atoms with Crippen molar-refractivity contribution in [2.75, 3.05) is 12.4 Å². The van der Waals surface area contributed by atoms with E-state index in [1.165, 1.54) is 12.1 Å². The summed E-state index contributed by atoms with van der Waals surface area (Å²) in [5.41, 5.74) is 3.02. The maximum absolute atomic E-state index is 11.7. The summed E-state index contributed by atoms with van der Waals surface area (Å²) in [7, 11) is -3.56. The van der Waals surface area contributed by atoms with E-state index in [4.69, 9.17) is 5.26 Å². The van der Waals surface area contributed by atoms with E-state index >= 15 is 0 Å². The van der Waals surface area contributed by atoms with Crippen LogP contribution in [0.5, 0.6) is 0 Å². The molecule has 1 aromatic rings. The molecule has 0 unspecified atom stereocenters. The molecule has 102 valence electrons. The zero-order valence-corrected chi connectivity index (χ0v) is 11.2. The van der Waals surface area contributed by atoms with Crippen LogP contribution in [0.3, 0.4) is 0 Å². The molecular weight excluding hydrogens is 268 g/mol. The molecule has 0 aliphatic heterocycles. The quantitative estimate of drug-likeness (QED) is 0.768. The van der Waals surface area contributed by atoms with Crippen LogP contribution in [-0.4, -0.2) is 26.7 Å². The summed E-state index contributed by atoms with van der Waals surface area (Å²) in [5, 5.41) is 8.63. The first-order valence-electron chi connectivity index (χ1n) is 5.57. The van der Waals surface area contributed by atoms with E-state index in [0.29, 0.717) is 11.1 Å². The minimum Gasteiger partial charge on any atom is -0.274 e. The van der Waals surface area contributed by atoms with Crippen LogP contribution in [0.15, 0.2) is 24.3 Å². The first-order chi connectivity index (χ1) is 8.96. The number of hydrogen-bond donors (Lipinski definition) is 1. The average Bonchev–Trinajstić information content (AvgIpc) is 2.36. The van der Waals surface area contributed by atoms with Gasteiger partial charge in [0.2, 0.25) is 0 Å². The van der Waals surface area contributed by atoms with Gasteiger partial charge in [-0.3, -0.25) is 9.63 Å². The van der Waals surface area contributed by atoms with Crippen molar-refractivity contribution in [1.29, 1.82) is 5.26 Å². The number of amides is 1. The van der Waals surface area contributed by atoms with Crippen molar-refractivity contribution in [3.05, 3.63) is 35.4 Å². The lowest BCUT2D eigenvalue weighted by Crippen LogP contribution is -2.30. The van der Waals surface area contributed by atoms with Gasteiger partial charge in [-0.15, -0.1) is 0 Å². The van der Waals surface area contributed by atoms with Gasteiger partial charge in [-0.25, -0.2) is 13.9 Å². The van der Waals surface area contributed by atoms with Crippen molar-refractivity contribution in [1.82, 2.24) is 5.48 Å². The molecule has 0 saturated heterocycles. The second kappa shape index (κ2) is 6.87. The summed E-state index contributed by atoms with van der Waals surface area (Å²) in [6, 6.07) is 8.11. The second-order valence-electron chi connectivity index (χ2n) is 3.80. The Hall–Kier alpha value is -1.91. The van der Waals surface area contributed by atoms with Crippen LogP contribution in [0.4, 0.5) is 0 Å². The first-order valence-corrected chi connectivity index (χ1v) is 7.39. The van der Waals surface area contributed by atoms with Gasteiger partial charge in [-0.2, -0.15) is 5.26 Å². The molecule has 6 nitrogen and oxygen atoms in total. The maximum Gasteiger partial charge on any atom is 0.258 e. The molecule has 0 atom stereocenters. The molecule has 0 fully saturated rings. The number of nitriles is 1. The van der Waals surface area contributed by atoms with Gasteiger partial charge in [0.15, 0.2) is 9.84 Å². The molecule has 0 bridgehead atoms. The Morgan fingerprint density at radius 2 is 2.00 bits per heavy atom. The van der Waals surface area contributed by atoms with E-state index in [1.807, 2.05) is 11.5 Å². The first kappa shape index (κ1) is 15.1. The number of hydrogen-bond acceptors (Lipinski definition) is 5. The van der Waals surface area contributed by atoms with Gasteiger partial charge in [-0.05, 0) is 24.6 Å². The minimum atomic E-state index is -3.56. The smallest absolute Gasteiger partial charge is 0.258 e. The molecule has 1 N–H and O–H groups in total. The van der Waals surface area contributed by atoms with Crippen molar-refractivity contribution in [3.8, 4) is 6.07 Å². The van der Waals surface area contributed by atoms with Gasteiger partial charge in [0.1, 0.15) is 5.75 Å². The van der Waals surface area contributed by atoms with Crippen molar-refractivity contribution < 1.29 is 18.0 Å². The molecular formula is C12H14N2O4S. The van der Waals surface area contributed by atoms with Gasteiger partial charge in [0, 0.05) is 0 Å². The predicted octanol–water partition coefficient (Wildman–Crippen LogP) is 0.541. The summed E-state index contributed by atoms with van der Waals surface area (Å²) < 4.78 is 23.5. The highest BCUT2D eigenvalue weighted by molar-refractivity contribution is 7.91. The van der Waals surface area contributed by atoms with E-state index in [-0.39, 0.29) is 12.4 Å². The number of rotatable bonds is 6. The summed E-state index contributed by atoms with van der Waals surface area (Å²) in [4.78, 5) is 15.9. The lowest BCUT2D eigenvalue weighted by molar-refractivity contribution is -0.130.